The average molecular weight is 854 g/mol. The van der Waals surface area contributed by atoms with Crippen molar-refractivity contribution >= 4 is 95.4 Å². The van der Waals surface area contributed by atoms with E-state index in [4.69, 9.17) is 27.9 Å². The molecule has 0 N–H and O–H groups in total. The number of carbonyl (C=O) groups excluding carboxylic acids is 1. The predicted molar refractivity (Wildman–Crippen MR) is 218 cm³/mol. The summed E-state index contributed by atoms with van der Waals surface area (Å²) in [7, 11) is 1.32. The summed E-state index contributed by atoms with van der Waals surface area (Å²) in [6, 6.07) is 20.1. The molecule has 0 saturated carbocycles. The first kappa shape index (κ1) is 38.6. The Morgan fingerprint density at radius 1 is 0.736 bits per heavy atom. The zero-order valence-electron chi connectivity index (χ0n) is 26.7. The van der Waals surface area contributed by atoms with Crippen molar-refractivity contribution in [2.24, 2.45) is 0 Å². The molecule has 0 aliphatic rings. The summed E-state index contributed by atoms with van der Waals surface area (Å²) in [6.45, 7) is 1.19. The van der Waals surface area contributed by atoms with Crippen molar-refractivity contribution in [3.63, 3.8) is 0 Å². The van der Waals surface area contributed by atoms with Gasteiger partial charge in [-0.1, -0.05) is 50.2 Å². The number of rotatable bonds is 5. The minimum Gasteiger partial charge on any atom is -0.465 e. The quantitative estimate of drug-likeness (QED) is 0.123. The van der Waals surface area contributed by atoms with E-state index in [1.807, 2.05) is 47.2 Å². The highest BCUT2D eigenvalue weighted by molar-refractivity contribution is 14.1. The molecule has 0 fully saturated rings. The maximum absolute atomic E-state index is 12.2. The molecule has 53 heavy (non-hydrogen) atoms. The van der Waals surface area contributed by atoms with Crippen LogP contribution >= 0.6 is 45.8 Å². The van der Waals surface area contributed by atoms with Gasteiger partial charge in [-0.3, -0.25) is 19.9 Å². The Kier molecular flexibility index (Phi) is 11.9. The molecule has 0 bridgehead atoms. The molecule has 13 heteroatoms. The molecule has 8 aromatic rings. The van der Waals surface area contributed by atoms with Gasteiger partial charge >= 0.3 is 5.97 Å². The van der Waals surface area contributed by atoms with E-state index in [-0.39, 0.29) is 14.9 Å². The van der Waals surface area contributed by atoms with Gasteiger partial charge in [-0.05, 0) is 70.1 Å². The molecular formula is C40H31Cl2IN8O2. The van der Waals surface area contributed by atoms with Crippen LogP contribution in [0, 0.1) is 26.2 Å². The van der Waals surface area contributed by atoms with Crippen LogP contribution < -0.4 is 0 Å². The number of carbonyl (C=O) groups is 1. The number of fused-ring (bicyclic) bond motifs is 4. The van der Waals surface area contributed by atoms with Gasteiger partial charge in [0.1, 0.15) is 12.1 Å². The van der Waals surface area contributed by atoms with E-state index in [1.165, 1.54) is 13.3 Å². The number of methoxy groups -OCH3 is 1. The van der Waals surface area contributed by atoms with Gasteiger partial charge in [-0.2, -0.15) is 10.5 Å². The van der Waals surface area contributed by atoms with Gasteiger partial charge in [-0.15, -0.1) is 0 Å². The molecule has 0 aliphatic carbocycles. The number of aromatic nitrogens is 6. The average Bonchev–Trinajstić information content (AvgIpc) is 3.67. The van der Waals surface area contributed by atoms with Crippen LogP contribution in [0.3, 0.4) is 0 Å². The zero-order chi connectivity index (χ0) is 35.6. The molecule has 8 rings (SSSR count). The third-order valence-electron chi connectivity index (χ3n) is 8.31. The number of pyridine rings is 4. The summed E-state index contributed by atoms with van der Waals surface area (Å²) in [4.78, 5) is 29.1. The minimum atomic E-state index is -0.490. The predicted octanol–water partition coefficient (Wildman–Crippen LogP) is 9.98. The number of nitrogens with zero attached hydrogens (tertiary/aromatic N) is 8. The second-order valence-electron chi connectivity index (χ2n) is 11.5. The molecule has 0 atom stereocenters. The standard InChI is InChI=1S/C20H13ClN4O2.C18H10ClIN4.2CH4/c1-27-20(26)16-11-25(18-9-23-7-14(6-22)19(16)18)10-12-2-3-17-13(4-12)5-15(21)8-24-17;19-14-4-12-3-11(1-2-16(12)23-7-14)9-24-10-15(20)18-13(5-21)6-22-8-17(18)24;;/h2-5,7-9,11H,10H2,1H3;1-4,6-8,10H,9H2;2*1H4. The SMILES string of the molecule is C.C.COC(=O)c1cn(Cc2ccc3ncc(Cl)cc3c2)c2cncc(C#N)c12.N#Cc1cncc2c1c(I)cn2Cc1ccc2ncc(Cl)cc2c1. The van der Waals surface area contributed by atoms with Crippen LogP contribution in [0.1, 0.15) is 47.5 Å². The lowest BCUT2D eigenvalue weighted by atomic mass is 10.1. The highest BCUT2D eigenvalue weighted by Gasteiger charge is 2.19. The van der Waals surface area contributed by atoms with Gasteiger partial charge in [-0.25, -0.2) is 4.79 Å². The van der Waals surface area contributed by atoms with Gasteiger partial charge in [0.2, 0.25) is 0 Å². The van der Waals surface area contributed by atoms with Crippen LogP contribution in [-0.4, -0.2) is 42.1 Å². The summed E-state index contributed by atoms with van der Waals surface area (Å²) in [5.41, 5.74) is 6.85. The Balaban J connectivity index is 0.000000198. The van der Waals surface area contributed by atoms with Crippen molar-refractivity contribution in [1.29, 1.82) is 10.5 Å². The van der Waals surface area contributed by atoms with Gasteiger partial charge in [0, 0.05) is 75.4 Å². The van der Waals surface area contributed by atoms with E-state index in [0.29, 0.717) is 50.7 Å². The molecule has 0 saturated heterocycles. The molecule has 264 valence electrons. The zero-order valence-corrected chi connectivity index (χ0v) is 30.3. The Bertz CT molecular complexity index is 2750. The molecule has 2 aromatic carbocycles. The van der Waals surface area contributed by atoms with Crippen molar-refractivity contribution in [2.75, 3.05) is 7.11 Å². The Morgan fingerprint density at radius 3 is 1.74 bits per heavy atom. The molecule has 0 radical (unpaired) electrons. The van der Waals surface area contributed by atoms with Gasteiger partial charge in [0.05, 0.1) is 68.3 Å². The number of esters is 1. The van der Waals surface area contributed by atoms with Crippen LogP contribution in [0.25, 0.3) is 43.6 Å². The monoisotopic (exact) mass is 852 g/mol. The van der Waals surface area contributed by atoms with E-state index >= 15 is 0 Å². The Morgan fingerprint density at radius 2 is 1.23 bits per heavy atom. The summed E-state index contributed by atoms with van der Waals surface area (Å²) in [5, 5.41) is 23.3. The largest absolute Gasteiger partial charge is 0.465 e. The molecule has 6 aromatic heterocycles. The fourth-order valence-corrected chi connectivity index (χ4v) is 7.26. The number of ether oxygens (including phenoxy) is 1. The van der Waals surface area contributed by atoms with Crippen LogP contribution in [0.5, 0.6) is 0 Å². The van der Waals surface area contributed by atoms with Crippen molar-refractivity contribution in [2.45, 2.75) is 27.9 Å². The van der Waals surface area contributed by atoms with Crippen LogP contribution in [0.15, 0.2) is 98.1 Å². The topological polar surface area (TPSA) is 135 Å². The Labute approximate surface area is 329 Å². The van der Waals surface area contributed by atoms with Gasteiger partial charge < -0.3 is 13.9 Å². The summed E-state index contributed by atoms with van der Waals surface area (Å²) < 4.78 is 9.92. The van der Waals surface area contributed by atoms with Crippen molar-refractivity contribution in [3.8, 4) is 12.1 Å². The summed E-state index contributed by atoms with van der Waals surface area (Å²) >= 11 is 14.3. The van der Waals surface area contributed by atoms with E-state index in [2.05, 4.69) is 71.4 Å². The van der Waals surface area contributed by atoms with Crippen molar-refractivity contribution in [3.05, 3.63) is 140 Å². The second-order valence-corrected chi connectivity index (χ2v) is 13.5. The summed E-state index contributed by atoms with van der Waals surface area (Å²) in [6.07, 6.45) is 13.5. The van der Waals surface area contributed by atoms with Crippen LogP contribution in [0.2, 0.25) is 10.0 Å². The number of benzene rings is 2. The summed E-state index contributed by atoms with van der Waals surface area (Å²) in [5.74, 6) is -0.490. The Hall–Kier alpha value is -5.60. The highest BCUT2D eigenvalue weighted by Crippen LogP contribution is 2.28. The number of hydrogen-bond acceptors (Lipinski definition) is 8. The first-order valence-corrected chi connectivity index (χ1v) is 17.2. The molecular weight excluding hydrogens is 822 g/mol. The molecule has 0 amide bonds. The third kappa shape index (κ3) is 7.78. The maximum atomic E-state index is 12.2. The lowest BCUT2D eigenvalue weighted by Gasteiger charge is -2.07. The van der Waals surface area contributed by atoms with Gasteiger partial charge in [0.15, 0.2) is 0 Å². The fraction of sp³-hybridized carbons (Fsp3) is 0.125. The second kappa shape index (κ2) is 16.4. The molecule has 0 spiro atoms. The van der Waals surface area contributed by atoms with Crippen LogP contribution in [-0.2, 0) is 17.8 Å². The molecule has 10 nitrogen and oxygen atoms in total. The van der Waals surface area contributed by atoms with Crippen molar-refractivity contribution < 1.29 is 9.53 Å². The smallest absolute Gasteiger partial charge is 0.340 e. The number of halogens is 3. The lowest BCUT2D eigenvalue weighted by molar-refractivity contribution is 0.0602. The van der Waals surface area contributed by atoms with E-state index in [9.17, 15) is 15.3 Å². The number of hydrogen-bond donors (Lipinski definition) is 0. The highest BCUT2D eigenvalue weighted by atomic mass is 127. The fourth-order valence-electron chi connectivity index (χ4n) is 6.02. The van der Waals surface area contributed by atoms with Crippen molar-refractivity contribution in [1.82, 2.24) is 29.1 Å². The molecule has 6 heterocycles. The maximum Gasteiger partial charge on any atom is 0.340 e. The third-order valence-corrected chi connectivity index (χ3v) is 9.54. The first-order chi connectivity index (χ1) is 24.8. The first-order valence-electron chi connectivity index (χ1n) is 15.3. The van der Waals surface area contributed by atoms with Gasteiger partial charge in [0.25, 0.3) is 0 Å². The van der Waals surface area contributed by atoms with E-state index in [0.717, 1.165) is 47.4 Å². The molecule has 0 aliphatic heterocycles. The minimum absolute atomic E-state index is 0. The normalized spacial score (nSPS) is 10.5. The number of nitriles is 2. The van der Waals surface area contributed by atoms with E-state index < -0.39 is 5.97 Å². The van der Waals surface area contributed by atoms with Crippen LogP contribution in [0.4, 0.5) is 0 Å². The van der Waals surface area contributed by atoms with E-state index in [1.54, 1.807) is 37.2 Å². The lowest BCUT2D eigenvalue weighted by Crippen LogP contribution is -2.01. The molecule has 0 unspecified atom stereocenters.